The van der Waals surface area contributed by atoms with Crippen LogP contribution in [0.25, 0.3) is 0 Å². The Morgan fingerprint density at radius 3 is 2.82 bits per heavy atom. The molecule has 3 unspecified atom stereocenters. The van der Waals surface area contributed by atoms with Crippen molar-refractivity contribution in [1.82, 2.24) is 0 Å². The van der Waals surface area contributed by atoms with Gasteiger partial charge >= 0.3 is 0 Å². The molecule has 92 valence electrons. The minimum Gasteiger partial charge on any atom is -0.389 e. The third kappa shape index (κ3) is 1.98. The molecule has 0 aliphatic heterocycles. The molecule has 3 atom stereocenters. The molecule has 2 bridgehead atoms. The lowest BCUT2D eigenvalue weighted by Gasteiger charge is -2.32. The highest BCUT2D eigenvalue weighted by atomic mass is 35.5. The smallest absolute Gasteiger partial charge is 0.124 e. The third-order valence-electron chi connectivity index (χ3n) is 4.45. The van der Waals surface area contributed by atoms with E-state index in [4.69, 9.17) is 11.6 Å². The second-order valence-electron chi connectivity index (χ2n) is 5.60. The van der Waals surface area contributed by atoms with Crippen LogP contribution in [0.3, 0.4) is 0 Å². The highest BCUT2D eigenvalue weighted by Crippen LogP contribution is 2.52. The normalized spacial score (nSPS) is 35.5. The van der Waals surface area contributed by atoms with Gasteiger partial charge in [0.1, 0.15) is 5.82 Å². The minimum absolute atomic E-state index is 0.321. The van der Waals surface area contributed by atoms with Crippen molar-refractivity contribution in [3.8, 4) is 0 Å². The van der Waals surface area contributed by atoms with E-state index in [1.165, 1.54) is 18.6 Å². The van der Waals surface area contributed by atoms with E-state index < -0.39 is 5.60 Å². The van der Waals surface area contributed by atoms with Crippen molar-refractivity contribution in [3.05, 3.63) is 34.6 Å². The van der Waals surface area contributed by atoms with Crippen LogP contribution in [-0.4, -0.2) is 10.7 Å². The molecule has 3 heteroatoms. The number of fused-ring (bicyclic) bond motifs is 2. The Labute approximate surface area is 106 Å². The number of hydrogen-bond donors (Lipinski definition) is 1. The van der Waals surface area contributed by atoms with Crippen molar-refractivity contribution >= 4 is 11.6 Å². The lowest BCUT2D eigenvalue weighted by atomic mass is 9.80. The standard InChI is InChI=1S/C14H16ClFO/c15-13-6-12(16)4-2-10(13)8-14(17)7-9-1-3-11(14)5-9/h2,4,6,9,11,17H,1,3,5,7-8H2. The van der Waals surface area contributed by atoms with Gasteiger partial charge in [-0.1, -0.05) is 17.7 Å². The summed E-state index contributed by atoms with van der Waals surface area (Å²) in [4.78, 5) is 0. The number of halogens is 2. The van der Waals surface area contributed by atoms with E-state index in [1.807, 2.05) is 0 Å². The van der Waals surface area contributed by atoms with Gasteiger partial charge in [0.15, 0.2) is 0 Å². The van der Waals surface area contributed by atoms with Crippen LogP contribution in [0.5, 0.6) is 0 Å². The van der Waals surface area contributed by atoms with Gasteiger partial charge in [-0.3, -0.25) is 0 Å². The molecule has 2 aliphatic rings. The summed E-state index contributed by atoms with van der Waals surface area (Å²) in [5.74, 6) is 0.775. The van der Waals surface area contributed by atoms with E-state index in [9.17, 15) is 9.50 Å². The molecule has 1 aromatic carbocycles. The Morgan fingerprint density at radius 2 is 2.24 bits per heavy atom. The maximum atomic E-state index is 13.0. The highest BCUT2D eigenvalue weighted by molar-refractivity contribution is 6.31. The molecule has 1 N–H and O–H groups in total. The molecular weight excluding hydrogens is 239 g/mol. The average molecular weight is 255 g/mol. The number of rotatable bonds is 2. The van der Waals surface area contributed by atoms with E-state index in [1.54, 1.807) is 6.07 Å². The molecule has 1 nitrogen and oxygen atoms in total. The van der Waals surface area contributed by atoms with E-state index >= 15 is 0 Å². The third-order valence-corrected chi connectivity index (χ3v) is 4.81. The fraction of sp³-hybridized carbons (Fsp3) is 0.571. The fourth-order valence-corrected chi connectivity index (χ4v) is 3.86. The molecular formula is C14H16ClFO. The van der Waals surface area contributed by atoms with Crippen molar-refractivity contribution in [3.63, 3.8) is 0 Å². The molecule has 0 heterocycles. The molecule has 17 heavy (non-hydrogen) atoms. The molecule has 1 aromatic rings. The SMILES string of the molecule is OC1(Cc2ccc(F)cc2Cl)CC2CCC1C2. The number of hydrogen-bond acceptors (Lipinski definition) is 1. The summed E-state index contributed by atoms with van der Waals surface area (Å²) in [6, 6.07) is 4.44. The maximum Gasteiger partial charge on any atom is 0.124 e. The summed E-state index contributed by atoms with van der Waals surface area (Å²) in [7, 11) is 0. The van der Waals surface area contributed by atoms with Crippen molar-refractivity contribution in [1.29, 1.82) is 0 Å². The van der Waals surface area contributed by atoms with Gasteiger partial charge in [0.25, 0.3) is 0 Å². The van der Waals surface area contributed by atoms with Crippen LogP contribution in [0.15, 0.2) is 18.2 Å². The summed E-state index contributed by atoms with van der Waals surface area (Å²) >= 11 is 6.02. The van der Waals surface area contributed by atoms with E-state index in [0.29, 0.717) is 23.3 Å². The second-order valence-corrected chi connectivity index (χ2v) is 6.00. The Kier molecular flexibility index (Phi) is 2.68. The first-order valence-corrected chi connectivity index (χ1v) is 6.61. The minimum atomic E-state index is -0.607. The van der Waals surface area contributed by atoms with Gasteiger partial charge in [0.05, 0.1) is 5.60 Å². The van der Waals surface area contributed by atoms with Crippen LogP contribution in [0.1, 0.15) is 31.2 Å². The molecule has 0 radical (unpaired) electrons. The van der Waals surface area contributed by atoms with Crippen LogP contribution < -0.4 is 0 Å². The summed E-state index contributed by atoms with van der Waals surface area (Å²) < 4.78 is 13.0. The fourth-order valence-electron chi connectivity index (χ4n) is 3.63. The summed E-state index contributed by atoms with van der Waals surface area (Å²) in [5, 5.41) is 11.1. The number of benzene rings is 1. The first kappa shape index (κ1) is 11.5. The molecule has 0 spiro atoms. The first-order chi connectivity index (χ1) is 8.07. The van der Waals surface area contributed by atoms with Gasteiger partial charge < -0.3 is 5.11 Å². The first-order valence-electron chi connectivity index (χ1n) is 6.23. The largest absolute Gasteiger partial charge is 0.389 e. The van der Waals surface area contributed by atoms with E-state index in [0.717, 1.165) is 24.8 Å². The Balaban J connectivity index is 1.83. The summed E-state index contributed by atoms with van der Waals surface area (Å²) in [5.41, 5.74) is 0.257. The maximum absolute atomic E-state index is 13.0. The van der Waals surface area contributed by atoms with Crippen LogP contribution in [0.4, 0.5) is 4.39 Å². The van der Waals surface area contributed by atoms with Gasteiger partial charge in [0, 0.05) is 11.4 Å². The lowest BCUT2D eigenvalue weighted by Crippen LogP contribution is -2.37. The zero-order valence-corrected chi connectivity index (χ0v) is 10.4. The van der Waals surface area contributed by atoms with E-state index in [-0.39, 0.29) is 5.82 Å². The topological polar surface area (TPSA) is 20.2 Å². The molecule has 2 aliphatic carbocycles. The Bertz CT molecular complexity index is 448. The van der Waals surface area contributed by atoms with Crippen LogP contribution in [-0.2, 0) is 6.42 Å². The lowest BCUT2D eigenvalue weighted by molar-refractivity contribution is -0.0125. The predicted molar refractivity (Wildman–Crippen MR) is 65.5 cm³/mol. The van der Waals surface area contributed by atoms with Crippen molar-refractivity contribution in [2.24, 2.45) is 11.8 Å². The molecule has 0 saturated heterocycles. The molecule has 0 aromatic heterocycles. The quantitative estimate of drug-likeness (QED) is 0.856. The van der Waals surface area contributed by atoms with E-state index in [2.05, 4.69) is 0 Å². The molecule has 3 rings (SSSR count). The summed E-state index contributed by atoms with van der Waals surface area (Å²) in [6.07, 6.45) is 4.97. The predicted octanol–water partition coefficient (Wildman–Crippen LogP) is 3.57. The van der Waals surface area contributed by atoms with Gasteiger partial charge in [-0.2, -0.15) is 0 Å². The zero-order valence-electron chi connectivity index (χ0n) is 9.63. The summed E-state index contributed by atoms with van der Waals surface area (Å²) in [6.45, 7) is 0. The Hall–Kier alpha value is -0.600. The average Bonchev–Trinajstić information content (AvgIpc) is 2.82. The van der Waals surface area contributed by atoms with Crippen molar-refractivity contribution < 1.29 is 9.50 Å². The highest BCUT2D eigenvalue weighted by Gasteiger charge is 2.49. The van der Waals surface area contributed by atoms with Crippen molar-refractivity contribution in [2.75, 3.05) is 0 Å². The molecule has 2 saturated carbocycles. The Morgan fingerprint density at radius 1 is 1.41 bits per heavy atom. The van der Waals surface area contributed by atoms with Crippen LogP contribution in [0.2, 0.25) is 5.02 Å². The van der Waals surface area contributed by atoms with Crippen molar-refractivity contribution in [2.45, 2.75) is 37.7 Å². The van der Waals surface area contributed by atoms with Crippen LogP contribution >= 0.6 is 11.6 Å². The molecule has 2 fully saturated rings. The van der Waals surface area contributed by atoms with Gasteiger partial charge in [-0.15, -0.1) is 0 Å². The molecule has 0 amide bonds. The number of aliphatic hydroxyl groups is 1. The van der Waals surface area contributed by atoms with Gasteiger partial charge in [-0.05, 0) is 55.2 Å². The van der Waals surface area contributed by atoms with Crippen LogP contribution in [0, 0.1) is 17.7 Å². The second kappa shape index (κ2) is 3.96. The van der Waals surface area contributed by atoms with Gasteiger partial charge in [0.2, 0.25) is 0 Å². The monoisotopic (exact) mass is 254 g/mol. The van der Waals surface area contributed by atoms with Gasteiger partial charge in [-0.25, -0.2) is 4.39 Å². The zero-order chi connectivity index (χ0) is 12.0.